The van der Waals surface area contributed by atoms with Crippen molar-refractivity contribution in [2.24, 2.45) is 0 Å². The zero-order valence-electron chi connectivity index (χ0n) is 54.2. The Morgan fingerprint density at radius 3 is 0.561 bits per heavy atom. The SMILES string of the molecule is CC(C)c1c2ccccc2c(C(C)C)c2ccccc12.CC(C)c1ccc(-c2ccc(C(C)C)cc2)cc1.CC(C)c1ccc(C(C)C)c2ccccc12.CC(C)c1ccc(C(C)C)cc1.CC(C)c1cccc2c(C(C)C)cccc12. The van der Waals surface area contributed by atoms with Crippen LogP contribution in [-0.4, -0.2) is 0 Å². The quantitative estimate of drug-likeness (QED) is 0.113. The second-order valence-corrected chi connectivity index (χ2v) is 26.0. The molecule has 0 aliphatic carbocycles. The summed E-state index contributed by atoms with van der Waals surface area (Å²) < 4.78 is 0. The van der Waals surface area contributed by atoms with E-state index in [9.17, 15) is 0 Å². The second-order valence-electron chi connectivity index (χ2n) is 26.0. The third kappa shape index (κ3) is 16.3. The van der Waals surface area contributed by atoms with E-state index >= 15 is 0 Å². The Balaban J connectivity index is 0.000000166. The van der Waals surface area contributed by atoms with Crippen LogP contribution in [0.15, 0.2) is 194 Å². The fraction of sp³-hybridized carbons (Fsp3) is 0.366. The number of rotatable bonds is 11. The highest BCUT2D eigenvalue weighted by atomic mass is 14.2. The highest BCUT2D eigenvalue weighted by Gasteiger charge is 2.17. The van der Waals surface area contributed by atoms with Crippen LogP contribution in [0.25, 0.3) is 54.2 Å². The number of hydrogen-bond acceptors (Lipinski definition) is 0. The normalized spacial score (nSPS) is 11.5. The first kappa shape index (κ1) is 64.4. The molecule has 0 heteroatoms. The van der Waals surface area contributed by atoms with E-state index in [1.165, 1.54) is 110 Å². The summed E-state index contributed by atoms with van der Waals surface area (Å²) >= 11 is 0. The third-order valence-electron chi connectivity index (χ3n) is 16.4. The standard InChI is InChI=1S/C20H22.C18H22.2C16H20.C12H18/c1-13(2)19-15-9-5-7-11-17(15)20(14(3)4)18-12-8-6-10-16(18)19;1-13(2)15-5-9-17(10-6-15)18-11-7-16(8-12-18)14(3)4;1-11(2)13-7-5-10-16-14(12(3)4)8-6-9-15(13)16;1-11(2)13-9-10-14(12(3)4)16-8-6-5-7-15(13)16;1-9(2)11-5-7-12(8-6-11)10(3)4/h5-14H,1-4H3;5-14H,1-4H3;2*5-12H,1-4H3;5-10H,1-4H3. The van der Waals surface area contributed by atoms with E-state index < -0.39 is 0 Å². The van der Waals surface area contributed by atoms with Crippen LogP contribution >= 0.6 is 0 Å². The Hall–Kier alpha value is -6.76. The Morgan fingerprint density at radius 1 is 0.159 bits per heavy atom. The summed E-state index contributed by atoms with van der Waals surface area (Å²) in [6.45, 7) is 45.1. The fourth-order valence-corrected chi connectivity index (χ4v) is 11.5. The summed E-state index contributed by atoms with van der Waals surface area (Å²) in [5, 5.41) is 11.4. The van der Waals surface area contributed by atoms with Gasteiger partial charge in [-0.25, -0.2) is 0 Å². The van der Waals surface area contributed by atoms with Crippen LogP contribution in [0, 0.1) is 0 Å². The molecule has 0 fully saturated rings. The molecule has 0 bridgehead atoms. The molecule has 0 unspecified atom stereocenters. The van der Waals surface area contributed by atoms with Crippen LogP contribution in [0.4, 0.5) is 0 Å². The summed E-state index contributed by atoms with van der Waals surface area (Å²) in [5.41, 5.74) is 17.1. The van der Waals surface area contributed by atoms with Crippen molar-refractivity contribution in [2.75, 3.05) is 0 Å². The minimum Gasteiger partial charge on any atom is -0.0616 e. The molecule has 0 N–H and O–H groups in total. The van der Waals surface area contributed by atoms with Gasteiger partial charge in [0.2, 0.25) is 0 Å². The number of hydrogen-bond donors (Lipinski definition) is 0. The van der Waals surface area contributed by atoms with Crippen molar-refractivity contribution in [2.45, 2.75) is 198 Å². The summed E-state index contributed by atoms with van der Waals surface area (Å²) in [4.78, 5) is 0. The molecule has 0 radical (unpaired) electrons. The van der Waals surface area contributed by atoms with Gasteiger partial charge in [-0.1, -0.05) is 333 Å². The lowest BCUT2D eigenvalue weighted by atomic mass is 9.84. The van der Waals surface area contributed by atoms with E-state index in [-0.39, 0.29) is 0 Å². The van der Waals surface area contributed by atoms with E-state index in [1.54, 1.807) is 0 Å². The van der Waals surface area contributed by atoms with Crippen molar-refractivity contribution in [1.82, 2.24) is 0 Å². The highest BCUT2D eigenvalue weighted by Crippen LogP contribution is 2.40. The maximum absolute atomic E-state index is 2.29. The molecule has 0 amide bonds. The maximum atomic E-state index is 2.29. The Bertz CT molecular complexity index is 3210. The molecule has 0 atom stereocenters. The van der Waals surface area contributed by atoms with Gasteiger partial charge in [0.1, 0.15) is 0 Å². The van der Waals surface area contributed by atoms with Gasteiger partial charge in [-0.2, -0.15) is 0 Å². The van der Waals surface area contributed by atoms with Crippen LogP contribution < -0.4 is 0 Å². The lowest BCUT2D eigenvalue weighted by Crippen LogP contribution is -1.98. The third-order valence-corrected chi connectivity index (χ3v) is 16.4. The van der Waals surface area contributed by atoms with E-state index in [0.29, 0.717) is 59.2 Å². The van der Waals surface area contributed by atoms with Crippen molar-refractivity contribution < 1.29 is 0 Å². The monoisotopic (exact) mass is 1090 g/mol. The van der Waals surface area contributed by atoms with Crippen LogP contribution in [0.2, 0.25) is 0 Å². The van der Waals surface area contributed by atoms with Crippen molar-refractivity contribution in [3.8, 4) is 11.1 Å². The molecular weight excluding hydrogens is 985 g/mol. The van der Waals surface area contributed by atoms with Crippen LogP contribution in [-0.2, 0) is 0 Å². The van der Waals surface area contributed by atoms with Gasteiger partial charge in [-0.05, 0) is 169 Å². The average molecular weight is 1090 g/mol. The molecule has 0 aromatic heterocycles. The second kappa shape index (κ2) is 30.0. The lowest BCUT2D eigenvalue weighted by molar-refractivity contribution is 0.845. The molecule has 430 valence electrons. The molecule has 10 aromatic carbocycles. The summed E-state index contributed by atoms with van der Waals surface area (Å²) in [6.07, 6.45) is 0. The van der Waals surface area contributed by atoms with E-state index in [0.717, 1.165) is 0 Å². The molecular formula is C82H102. The largest absolute Gasteiger partial charge is 0.0616 e. The minimum absolute atomic E-state index is 0.533. The van der Waals surface area contributed by atoms with Gasteiger partial charge in [-0.15, -0.1) is 0 Å². The first-order valence-electron chi connectivity index (χ1n) is 31.3. The summed E-state index contributed by atoms with van der Waals surface area (Å²) in [5.74, 6) is 5.91. The molecule has 0 spiro atoms. The average Bonchev–Trinajstić information content (AvgIpc) is 3.51. The predicted octanol–water partition coefficient (Wildman–Crippen LogP) is 25.9. The highest BCUT2D eigenvalue weighted by molar-refractivity contribution is 6.06. The molecule has 0 aliphatic rings. The van der Waals surface area contributed by atoms with Gasteiger partial charge in [0, 0.05) is 0 Å². The molecule has 0 heterocycles. The van der Waals surface area contributed by atoms with Crippen LogP contribution in [0.1, 0.15) is 253 Å². The Kier molecular flexibility index (Phi) is 23.6. The number of fused-ring (bicyclic) bond motifs is 4. The van der Waals surface area contributed by atoms with Crippen molar-refractivity contribution in [3.05, 3.63) is 250 Å². The van der Waals surface area contributed by atoms with Gasteiger partial charge in [-0.3, -0.25) is 0 Å². The Morgan fingerprint density at radius 2 is 0.354 bits per heavy atom. The zero-order valence-corrected chi connectivity index (χ0v) is 54.2. The first-order valence-corrected chi connectivity index (χ1v) is 31.3. The minimum atomic E-state index is 0.533. The predicted molar refractivity (Wildman–Crippen MR) is 369 cm³/mol. The van der Waals surface area contributed by atoms with Gasteiger partial charge in [0.05, 0.1) is 0 Å². The molecule has 0 aliphatic heterocycles. The Labute approximate surface area is 498 Å². The van der Waals surface area contributed by atoms with Crippen molar-refractivity contribution in [3.63, 3.8) is 0 Å². The van der Waals surface area contributed by atoms with E-state index in [2.05, 4.69) is 333 Å². The smallest absolute Gasteiger partial charge is 0.0140 e. The number of benzene rings is 10. The maximum Gasteiger partial charge on any atom is -0.0140 e. The molecule has 82 heavy (non-hydrogen) atoms. The summed E-state index contributed by atoms with van der Waals surface area (Å²) in [7, 11) is 0. The van der Waals surface area contributed by atoms with Gasteiger partial charge in [0.15, 0.2) is 0 Å². The zero-order chi connectivity index (χ0) is 59.9. The molecule has 0 saturated carbocycles. The van der Waals surface area contributed by atoms with Gasteiger partial charge < -0.3 is 0 Å². The molecule has 0 nitrogen and oxygen atoms in total. The lowest BCUT2D eigenvalue weighted by Gasteiger charge is -2.20. The first-order chi connectivity index (χ1) is 39.0. The fourth-order valence-electron chi connectivity index (χ4n) is 11.5. The van der Waals surface area contributed by atoms with Crippen LogP contribution in [0.5, 0.6) is 0 Å². The van der Waals surface area contributed by atoms with Gasteiger partial charge >= 0.3 is 0 Å². The molecule has 0 saturated heterocycles. The van der Waals surface area contributed by atoms with E-state index in [1.807, 2.05) is 0 Å². The van der Waals surface area contributed by atoms with Crippen molar-refractivity contribution >= 4 is 43.1 Å². The summed E-state index contributed by atoms with van der Waals surface area (Å²) in [6, 6.07) is 71.2. The van der Waals surface area contributed by atoms with Crippen molar-refractivity contribution in [1.29, 1.82) is 0 Å². The molecule has 10 aromatic rings. The molecule has 10 rings (SSSR count). The van der Waals surface area contributed by atoms with Crippen LogP contribution in [0.3, 0.4) is 0 Å². The van der Waals surface area contributed by atoms with E-state index in [4.69, 9.17) is 0 Å². The topological polar surface area (TPSA) is 0 Å². The van der Waals surface area contributed by atoms with Gasteiger partial charge in [0.25, 0.3) is 0 Å².